The van der Waals surface area contributed by atoms with Crippen LogP contribution in [-0.4, -0.2) is 29.0 Å². The van der Waals surface area contributed by atoms with Gasteiger partial charge in [0.25, 0.3) is 11.6 Å². The highest BCUT2D eigenvalue weighted by Crippen LogP contribution is 2.23. The van der Waals surface area contributed by atoms with E-state index in [1.165, 1.54) is 13.8 Å². The van der Waals surface area contributed by atoms with Crippen LogP contribution in [-0.2, 0) is 14.3 Å². The number of amides is 1. The standard InChI is InChI=1S/C18H16ClFN2O6/c1-18(2,28-13-6-3-11(19)4-7-13)17(24)27-10-16(23)21-15-9-12(22(25)26)5-8-14(15)20/h3-9H,10H2,1-2H3,(H,21,23). The molecule has 0 aliphatic carbocycles. The Hall–Kier alpha value is -3.20. The molecule has 0 aliphatic heterocycles. The van der Waals surface area contributed by atoms with Crippen molar-refractivity contribution in [3.05, 3.63) is 63.4 Å². The van der Waals surface area contributed by atoms with Crippen molar-refractivity contribution in [2.75, 3.05) is 11.9 Å². The van der Waals surface area contributed by atoms with E-state index < -0.39 is 46.2 Å². The predicted molar refractivity (Wildman–Crippen MR) is 98.8 cm³/mol. The van der Waals surface area contributed by atoms with Crippen LogP contribution in [0.4, 0.5) is 15.8 Å². The quantitative estimate of drug-likeness (QED) is 0.423. The first-order valence-corrected chi connectivity index (χ1v) is 8.32. The van der Waals surface area contributed by atoms with E-state index >= 15 is 0 Å². The molecule has 2 aromatic rings. The first-order valence-electron chi connectivity index (χ1n) is 7.94. The van der Waals surface area contributed by atoms with Crippen LogP contribution in [0, 0.1) is 15.9 Å². The number of non-ortho nitro benzene ring substituents is 1. The maximum absolute atomic E-state index is 13.7. The van der Waals surface area contributed by atoms with E-state index in [4.69, 9.17) is 21.1 Å². The van der Waals surface area contributed by atoms with Gasteiger partial charge in [-0.2, -0.15) is 0 Å². The number of nitrogens with one attached hydrogen (secondary N) is 1. The van der Waals surface area contributed by atoms with Gasteiger partial charge in [0.05, 0.1) is 10.6 Å². The lowest BCUT2D eigenvalue weighted by molar-refractivity contribution is -0.384. The average molecular weight is 411 g/mol. The number of nitro benzene ring substituents is 1. The Balaban J connectivity index is 1.94. The van der Waals surface area contributed by atoms with E-state index in [2.05, 4.69) is 5.32 Å². The Morgan fingerprint density at radius 1 is 1.21 bits per heavy atom. The Labute approximate surface area is 164 Å². The Morgan fingerprint density at radius 3 is 2.46 bits per heavy atom. The van der Waals surface area contributed by atoms with E-state index in [1.807, 2.05) is 0 Å². The fourth-order valence-electron chi connectivity index (χ4n) is 2.05. The Morgan fingerprint density at radius 2 is 1.86 bits per heavy atom. The highest BCUT2D eigenvalue weighted by atomic mass is 35.5. The molecule has 10 heteroatoms. The molecule has 0 bridgehead atoms. The highest BCUT2D eigenvalue weighted by Gasteiger charge is 2.32. The molecular weight excluding hydrogens is 395 g/mol. The molecule has 0 unspecified atom stereocenters. The van der Waals surface area contributed by atoms with Crippen LogP contribution >= 0.6 is 11.6 Å². The number of hydrogen-bond acceptors (Lipinski definition) is 6. The molecule has 0 saturated carbocycles. The van der Waals surface area contributed by atoms with Crippen LogP contribution in [0.25, 0.3) is 0 Å². The summed E-state index contributed by atoms with van der Waals surface area (Å²) in [6.45, 7) is 2.17. The second-order valence-electron chi connectivity index (χ2n) is 6.11. The molecule has 1 amide bonds. The van der Waals surface area contributed by atoms with Crippen molar-refractivity contribution in [1.29, 1.82) is 0 Å². The fraction of sp³-hybridized carbons (Fsp3) is 0.222. The van der Waals surface area contributed by atoms with E-state index in [1.54, 1.807) is 24.3 Å². The molecule has 2 aromatic carbocycles. The van der Waals surface area contributed by atoms with Crippen molar-refractivity contribution < 1.29 is 28.4 Å². The summed E-state index contributed by atoms with van der Waals surface area (Å²) in [5.74, 6) is -2.20. The van der Waals surface area contributed by atoms with Crippen molar-refractivity contribution in [1.82, 2.24) is 0 Å². The third kappa shape index (κ3) is 5.65. The molecule has 0 atom stereocenters. The number of esters is 1. The molecule has 0 aromatic heterocycles. The second-order valence-corrected chi connectivity index (χ2v) is 6.55. The number of nitro groups is 1. The summed E-state index contributed by atoms with van der Waals surface area (Å²) in [5, 5.41) is 13.3. The SMILES string of the molecule is CC(C)(Oc1ccc(Cl)cc1)C(=O)OCC(=O)Nc1cc([N+](=O)[O-])ccc1F. The van der Waals surface area contributed by atoms with Crippen molar-refractivity contribution >= 4 is 34.9 Å². The van der Waals surface area contributed by atoms with Crippen LogP contribution in [0.1, 0.15) is 13.8 Å². The average Bonchev–Trinajstić information content (AvgIpc) is 2.63. The number of ether oxygens (including phenoxy) is 2. The van der Waals surface area contributed by atoms with Gasteiger partial charge in [0.1, 0.15) is 11.6 Å². The molecule has 2 rings (SSSR count). The van der Waals surface area contributed by atoms with Crippen LogP contribution < -0.4 is 10.1 Å². The Kier molecular flexibility index (Phi) is 6.53. The number of rotatable bonds is 7. The summed E-state index contributed by atoms with van der Waals surface area (Å²) in [6.07, 6.45) is 0. The summed E-state index contributed by atoms with van der Waals surface area (Å²) in [7, 11) is 0. The van der Waals surface area contributed by atoms with Crippen molar-refractivity contribution in [3.63, 3.8) is 0 Å². The maximum Gasteiger partial charge on any atom is 0.350 e. The van der Waals surface area contributed by atoms with Crippen molar-refractivity contribution in [2.45, 2.75) is 19.4 Å². The van der Waals surface area contributed by atoms with E-state index in [-0.39, 0.29) is 0 Å². The normalized spacial score (nSPS) is 10.9. The second kappa shape index (κ2) is 8.66. The molecule has 0 heterocycles. The molecule has 0 aliphatic rings. The van der Waals surface area contributed by atoms with Crippen LogP contribution in [0.3, 0.4) is 0 Å². The first kappa shape index (κ1) is 21.1. The largest absolute Gasteiger partial charge is 0.476 e. The van der Waals surface area contributed by atoms with Crippen molar-refractivity contribution in [3.8, 4) is 5.75 Å². The monoisotopic (exact) mass is 410 g/mol. The zero-order valence-electron chi connectivity index (χ0n) is 14.9. The minimum atomic E-state index is -1.41. The summed E-state index contributed by atoms with van der Waals surface area (Å²) in [4.78, 5) is 34.1. The highest BCUT2D eigenvalue weighted by molar-refractivity contribution is 6.30. The molecule has 8 nitrogen and oxygen atoms in total. The van der Waals surface area contributed by atoms with Gasteiger partial charge in [0.2, 0.25) is 0 Å². The maximum atomic E-state index is 13.7. The van der Waals surface area contributed by atoms with Gasteiger partial charge >= 0.3 is 5.97 Å². The van der Waals surface area contributed by atoms with E-state index in [9.17, 15) is 24.1 Å². The van der Waals surface area contributed by atoms with Gasteiger partial charge < -0.3 is 14.8 Å². The summed E-state index contributed by atoms with van der Waals surface area (Å²) >= 11 is 5.78. The molecule has 0 fully saturated rings. The molecule has 0 radical (unpaired) electrons. The number of halogens is 2. The van der Waals surface area contributed by atoms with Gasteiger partial charge in [0.15, 0.2) is 12.2 Å². The van der Waals surface area contributed by atoms with Crippen molar-refractivity contribution in [2.24, 2.45) is 0 Å². The lowest BCUT2D eigenvalue weighted by atomic mass is 10.1. The molecule has 28 heavy (non-hydrogen) atoms. The number of carbonyl (C=O) groups is 2. The molecule has 1 N–H and O–H groups in total. The third-order valence-electron chi connectivity index (χ3n) is 3.45. The molecular formula is C18H16ClFN2O6. The summed E-state index contributed by atoms with van der Waals surface area (Å²) < 4.78 is 24.1. The number of nitrogens with zero attached hydrogens (tertiary/aromatic N) is 1. The van der Waals surface area contributed by atoms with Gasteiger partial charge in [-0.25, -0.2) is 9.18 Å². The molecule has 148 valence electrons. The smallest absolute Gasteiger partial charge is 0.350 e. The summed E-state index contributed by atoms with van der Waals surface area (Å²) in [5.41, 5.74) is -2.21. The van der Waals surface area contributed by atoms with Crippen LogP contribution in [0.2, 0.25) is 5.02 Å². The fourth-order valence-corrected chi connectivity index (χ4v) is 2.18. The minimum Gasteiger partial charge on any atom is -0.476 e. The Bertz CT molecular complexity index is 901. The third-order valence-corrected chi connectivity index (χ3v) is 3.70. The molecule has 0 spiro atoms. The van der Waals surface area contributed by atoms with Gasteiger partial charge in [-0.15, -0.1) is 0 Å². The van der Waals surface area contributed by atoms with Gasteiger partial charge in [-0.1, -0.05) is 11.6 Å². The predicted octanol–water partition coefficient (Wildman–Crippen LogP) is 3.73. The van der Waals surface area contributed by atoms with Gasteiger partial charge in [-0.05, 0) is 44.2 Å². The summed E-state index contributed by atoms with van der Waals surface area (Å²) in [6, 6.07) is 8.97. The number of anilines is 1. The number of benzene rings is 2. The lowest BCUT2D eigenvalue weighted by Gasteiger charge is -2.24. The zero-order valence-corrected chi connectivity index (χ0v) is 15.7. The van der Waals surface area contributed by atoms with Crippen LogP contribution in [0.5, 0.6) is 5.75 Å². The van der Waals surface area contributed by atoms with E-state index in [0.717, 1.165) is 18.2 Å². The topological polar surface area (TPSA) is 108 Å². The first-order chi connectivity index (χ1) is 13.1. The minimum absolute atomic E-state index is 0.370. The van der Waals surface area contributed by atoms with Gasteiger partial charge in [0, 0.05) is 17.2 Å². The molecule has 0 saturated heterocycles. The van der Waals surface area contributed by atoms with Gasteiger partial charge in [-0.3, -0.25) is 14.9 Å². The number of hydrogen-bond donors (Lipinski definition) is 1. The van der Waals surface area contributed by atoms with E-state index in [0.29, 0.717) is 10.8 Å². The zero-order chi connectivity index (χ0) is 20.9. The lowest BCUT2D eigenvalue weighted by Crippen LogP contribution is -2.41. The number of carbonyl (C=O) groups excluding carboxylic acids is 2. The van der Waals surface area contributed by atoms with Crippen LogP contribution in [0.15, 0.2) is 42.5 Å².